The van der Waals surface area contributed by atoms with Gasteiger partial charge in [-0.25, -0.2) is 0 Å². The van der Waals surface area contributed by atoms with Gasteiger partial charge in [0.15, 0.2) is 0 Å². The fourth-order valence-corrected chi connectivity index (χ4v) is 2.70. The highest BCUT2D eigenvalue weighted by atomic mass is 35.5. The van der Waals surface area contributed by atoms with Gasteiger partial charge in [0.25, 0.3) is 0 Å². The molecule has 2 atom stereocenters. The molecule has 1 fully saturated rings. The number of rotatable bonds is 2. The first-order valence-corrected chi connectivity index (χ1v) is 6.95. The molecule has 4 nitrogen and oxygen atoms in total. The highest BCUT2D eigenvalue weighted by Crippen LogP contribution is 2.32. The average Bonchev–Trinajstić information content (AvgIpc) is 2.89. The Morgan fingerprint density at radius 2 is 2.00 bits per heavy atom. The molecule has 0 radical (unpaired) electrons. The lowest BCUT2D eigenvalue weighted by Gasteiger charge is -2.23. The summed E-state index contributed by atoms with van der Waals surface area (Å²) in [7, 11) is 0. The van der Waals surface area contributed by atoms with Crippen LogP contribution in [0.2, 0.25) is 5.02 Å². The number of hydrogen-bond donors (Lipinski definition) is 1. The van der Waals surface area contributed by atoms with Gasteiger partial charge in [-0.05, 0) is 43.5 Å². The highest BCUT2D eigenvalue weighted by molar-refractivity contribution is 6.30. The van der Waals surface area contributed by atoms with Gasteiger partial charge in [-0.15, -0.1) is 0 Å². The summed E-state index contributed by atoms with van der Waals surface area (Å²) in [4.78, 5) is 4.49. The van der Waals surface area contributed by atoms with E-state index in [0.717, 1.165) is 31.2 Å². The Bertz CT molecular complexity index is 552. The van der Waals surface area contributed by atoms with Gasteiger partial charge in [-0.1, -0.05) is 23.2 Å². The van der Waals surface area contributed by atoms with Crippen LogP contribution in [0.25, 0.3) is 11.4 Å². The Balaban J connectivity index is 1.81. The van der Waals surface area contributed by atoms with Crippen molar-refractivity contribution in [2.75, 3.05) is 0 Å². The minimum atomic E-state index is 0.254. The minimum Gasteiger partial charge on any atom is -0.339 e. The molecule has 100 valence electrons. The van der Waals surface area contributed by atoms with Crippen molar-refractivity contribution in [3.05, 3.63) is 35.2 Å². The van der Waals surface area contributed by atoms with Gasteiger partial charge in [-0.3, -0.25) is 0 Å². The zero-order chi connectivity index (χ0) is 13.2. The van der Waals surface area contributed by atoms with E-state index in [4.69, 9.17) is 21.9 Å². The molecule has 0 saturated heterocycles. The van der Waals surface area contributed by atoms with Crippen LogP contribution >= 0.6 is 11.6 Å². The van der Waals surface area contributed by atoms with Crippen molar-refractivity contribution in [1.82, 2.24) is 10.1 Å². The lowest BCUT2D eigenvalue weighted by Crippen LogP contribution is -2.26. The monoisotopic (exact) mass is 277 g/mol. The van der Waals surface area contributed by atoms with Crippen LogP contribution in [-0.4, -0.2) is 16.2 Å². The summed E-state index contributed by atoms with van der Waals surface area (Å²) < 4.78 is 5.39. The highest BCUT2D eigenvalue weighted by Gasteiger charge is 2.25. The van der Waals surface area contributed by atoms with E-state index in [1.54, 1.807) is 0 Å². The molecular formula is C14H16ClN3O. The van der Waals surface area contributed by atoms with E-state index >= 15 is 0 Å². The number of aromatic nitrogens is 2. The Kier molecular flexibility index (Phi) is 3.53. The van der Waals surface area contributed by atoms with Crippen LogP contribution < -0.4 is 5.73 Å². The van der Waals surface area contributed by atoms with Gasteiger partial charge in [-0.2, -0.15) is 4.98 Å². The van der Waals surface area contributed by atoms with Gasteiger partial charge in [0, 0.05) is 22.5 Å². The molecule has 3 rings (SSSR count). The number of halogens is 1. The van der Waals surface area contributed by atoms with Crippen molar-refractivity contribution in [1.29, 1.82) is 0 Å². The molecule has 19 heavy (non-hydrogen) atoms. The Morgan fingerprint density at radius 1 is 1.21 bits per heavy atom. The number of nitrogens with two attached hydrogens (primary N) is 1. The minimum absolute atomic E-state index is 0.254. The van der Waals surface area contributed by atoms with Gasteiger partial charge < -0.3 is 10.3 Å². The molecule has 1 saturated carbocycles. The van der Waals surface area contributed by atoms with Crippen LogP contribution in [0.4, 0.5) is 0 Å². The largest absolute Gasteiger partial charge is 0.339 e. The number of nitrogens with zero attached hydrogens (tertiary/aromatic N) is 2. The van der Waals surface area contributed by atoms with Crippen molar-refractivity contribution in [2.24, 2.45) is 5.73 Å². The maximum atomic E-state index is 5.99. The van der Waals surface area contributed by atoms with E-state index < -0.39 is 0 Å². The predicted octanol–water partition coefficient (Wildman–Crippen LogP) is 3.37. The van der Waals surface area contributed by atoms with Crippen LogP contribution in [0, 0.1) is 0 Å². The molecular weight excluding hydrogens is 262 g/mol. The topological polar surface area (TPSA) is 64.9 Å². The van der Waals surface area contributed by atoms with Gasteiger partial charge >= 0.3 is 0 Å². The first-order valence-electron chi connectivity index (χ1n) is 6.57. The third-order valence-electron chi connectivity index (χ3n) is 3.61. The fraction of sp³-hybridized carbons (Fsp3) is 0.429. The predicted molar refractivity (Wildman–Crippen MR) is 73.9 cm³/mol. The van der Waals surface area contributed by atoms with E-state index in [0.29, 0.717) is 22.7 Å². The van der Waals surface area contributed by atoms with E-state index in [1.165, 1.54) is 0 Å². The van der Waals surface area contributed by atoms with Gasteiger partial charge in [0.1, 0.15) is 0 Å². The first-order chi connectivity index (χ1) is 9.22. The zero-order valence-corrected chi connectivity index (χ0v) is 11.3. The van der Waals surface area contributed by atoms with Crippen LogP contribution in [-0.2, 0) is 0 Å². The summed E-state index contributed by atoms with van der Waals surface area (Å²) in [6.45, 7) is 0. The summed E-state index contributed by atoms with van der Waals surface area (Å²) in [5.41, 5.74) is 6.91. The molecule has 1 aromatic carbocycles. The van der Waals surface area contributed by atoms with Crippen molar-refractivity contribution in [2.45, 2.75) is 37.6 Å². The smallest absolute Gasteiger partial charge is 0.230 e. The summed E-state index contributed by atoms with van der Waals surface area (Å²) in [6, 6.07) is 7.68. The Labute approximate surface area is 117 Å². The molecule has 1 aliphatic rings. The van der Waals surface area contributed by atoms with Crippen molar-refractivity contribution in [3.8, 4) is 11.4 Å². The number of hydrogen-bond acceptors (Lipinski definition) is 4. The van der Waals surface area contributed by atoms with Crippen molar-refractivity contribution >= 4 is 11.6 Å². The van der Waals surface area contributed by atoms with Crippen LogP contribution in [0.3, 0.4) is 0 Å². The summed E-state index contributed by atoms with van der Waals surface area (Å²) >= 11 is 5.86. The molecule has 0 bridgehead atoms. The molecule has 0 amide bonds. The van der Waals surface area contributed by atoms with Crippen LogP contribution in [0.15, 0.2) is 28.8 Å². The molecule has 1 aromatic heterocycles. The quantitative estimate of drug-likeness (QED) is 0.914. The Hall–Kier alpha value is -1.39. The van der Waals surface area contributed by atoms with Crippen molar-refractivity contribution in [3.63, 3.8) is 0 Å². The molecule has 0 aliphatic heterocycles. The average molecular weight is 278 g/mol. The van der Waals surface area contributed by atoms with Gasteiger partial charge in [0.05, 0.1) is 0 Å². The van der Waals surface area contributed by atoms with E-state index in [9.17, 15) is 0 Å². The second-order valence-electron chi connectivity index (χ2n) is 5.09. The molecule has 2 N–H and O–H groups in total. The molecule has 5 heteroatoms. The van der Waals surface area contributed by atoms with Crippen LogP contribution in [0.1, 0.15) is 37.5 Å². The van der Waals surface area contributed by atoms with Gasteiger partial charge in [0.2, 0.25) is 11.7 Å². The normalized spacial score (nSPS) is 23.5. The summed E-state index contributed by atoms with van der Waals surface area (Å²) in [5, 5.41) is 4.75. The van der Waals surface area contributed by atoms with E-state index in [2.05, 4.69) is 10.1 Å². The summed E-state index contributed by atoms with van der Waals surface area (Å²) in [6.07, 6.45) is 4.23. The van der Waals surface area contributed by atoms with E-state index in [1.807, 2.05) is 24.3 Å². The molecule has 2 aromatic rings. The fourth-order valence-electron chi connectivity index (χ4n) is 2.57. The maximum Gasteiger partial charge on any atom is 0.230 e. The van der Waals surface area contributed by atoms with Crippen LogP contribution in [0.5, 0.6) is 0 Å². The molecule has 0 spiro atoms. The second-order valence-corrected chi connectivity index (χ2v) is 5.52. The lowest BCUT2D eigenvalue weighted by molar-refractivity contribution is 0.299. The van der Waals surface area contributed by atoms with E-state index in [-0.39, 0.29) is 6.04 Å². The lowest BCUT2D eigenvalue weighted by atomic mass is 9.86. The maximum absolute atomic E-state index is 5.99. The Morgan fingerprint density at radius 3 is 2.74 bits per heavy atom. The molecule has 1 heterocycles. The SMILES string of the molecule is NC1CCCC(c2nc(-c3ccc(Cl)cc3)no2)C1. The first kappa shape index (κ1) is 12.6. The zero-order valence-electron chi connectivity index (χ0n) is 10.6. The number of benzene rings is 1. The summed E-state index contributed by atoms with van der Waals surface area (Å²) in [5.74, 6) is 1.63. The third-order valence-corrected chi connectivity index (χ3v) is 3.86. The van der Waals surface area contributed by atoms with Crippen molar-refractivity contribution < 1.29 is 4.52 Å². The molecule has 1 aliphatic carbocycles. The standard InChI is InChI=1S/C14H16ClN3O/c15-11-6-4-9(5-7-11)13-17-14(19-18-13)10-2-1-3-12(16)8-10/h4-7,10,12H,1-3,8,16H2. The second kappa shape index (κ2) is 5.31. The third kappa shape index (κ3) is 2.80. The molecule has 2 unspecified atom stereocenters.